The van der Waals surface area contributed by atoms with Gasteiger partial charge in [-0.3, -0.25) is 9.48 Å². The van der Waals surface area contributed by atoms with Crippen molar-refractivity contribution in [1.82, 2.24) is 24.6 Å². The lowest BCUT2D eigenvalue weighted by Crippen LogP contribution is -2.34. The van der Waals surface area contributed by atoms with Crippen LogP contribution in [0.3, 0.4) is 0 Å². The van der Waals surface area contributed by atoms with Gasteiger partial charge in [0, 0.05) is 37.4 Å². The van der Waals surface area contributed by atoms with Gasteiger partial charge in [-0.05, 0) is 37.1 Å². The molecule has 0 bridgehead atoms. The van der Waals surface area contributed by atoms with Crippen LogP contribution in [0.25, 0.3) is 16.6 Å². The van der Waals surface area contributed by atoms with Crippen molar-refractivity contribution in [2.45, 2.75) is 32.0 Å². The first-order chi connectivity index (χ1) is 18.4. The van der Waals surface area contributed by atoms with Crippen LogP contribution in [0.2, 0.25) is 10.0 Å². The summed E-state index contributed by atoms with van der Waals surface area (Å²) in [4.78, 5) is 31.5. The predicted octanol–water partition coefficient (Wildman–Crippen LogP) is 3.74. The lowest BCUT2D eigenvalue weighted by atomic mass is 10.1. The van der Waals surface area contributed by atoms with Gasteiger partial charge in [-0.25, -0.2) is 9.78 Å². The number of nitrogens with zero attached hydrogens (tertiary/aromatic N) is 5. The van der Waals surface area contributed by atoms with Gasteiger partial charge in [-0.15, -0.1) is 0 Å². The molecule has 2 aliphatic heterocycles. The van der Waals surface area contributed by atoms with E-state index in [9.17, 15) is 14.7 Å². The van der Waals surface area contributed by atoms with E-state index in [1.165, 1.54) is 6.20 Å². The number of hydrogen-bond donors (Lipinski definition) is 2. The molecule has 0 spiro atoms. The van der Waals surface area contributed by atoms with Crippen LogP contribution in [0, 0.1) is 0 Å². The van der Waals surface area contributed by atoms with Crippen LogP contribution in [-0.2, 0) is 13.1 Å². The van der Waals surface area contributed by atoms with E-state index >= 15 is 0 Å². The lowest BCUT2D eigenvalue weighted by molar-refractivity contribution is 0.0695. The Balaban J connectivity index is 1.45. The Labute approximate surface area is 227 Å². The number of anilines is 1. The summed E-state index contributed by atoms with van der Waals surface area (Å²) < 4.78 is 9.57. The molecule has 196 valence electrons. The van der Waals surface area contributed by atoms with Crippen molar-refractivity contribution in [2.24, 2.45) is 0 Å². The van der Waals surface area contributed by atoms with E-state index in [1.54, 1.807) is 35.2 Å². The van der Waals surface area contributed by atoms with Gasteiger partial charge < -0.3 is 24.6 Å². The lowest BCUT2D eigenvalue weighted by Gasteiger charge is -2.28. The Morgan fingerprint density at radius 3 is 2.89 bits per heavy atom. The number of benzene rings is 1. The molecule has 3 aromatic heterocycles. The molecule has 2 N–H and O–H groups in total. The van der Waals surface area contributed by atoms with Crippen molar-refractivity contribution in [2.75, 3.05) is 24.6 Å². The molecule has 1 aromatic carbocycles. The molecule has 5 heterocycles. The second kappa shape index (κ2) is 9.94. The van der Waals surface area contributed by atoms with E-state index in [-0.39, 0.29) is 17.0 Å². The number of ether oxygens (including phenoxy) is 1. The summed E-state index contributed by atoms with van der Waals surface area (Å²) in [5.41, 5.74) is 2.01. The number of halogens is 2. The monoisotopic (exact) mass is 554 g/mol. The fourth-order valence-corrected chi connectivity index (χ4v) is 5.70. The second-order valence-corrected chi connectivity index (χ2v) is 10.1. The van der Waals surface area contributed by atoms with Gasteiger partial charge in [0.25, 0.3) is 0 Å². The molecular weight excluding hydrogens is 531 g/mol. The minimum Gasteiger partial charge on any atom is -0.477 e. The van der Waals surface area contributed by atoms with E-state index in [4.69, 9.17) is 27.9 Å². The first kappa shape index (κ1) is 24.7. The maximum atomic E-state index is 13.2. The SMILES string of the molecule is O=C(O)c1cn(-c2cnn3c2CNCC3)c2cc(N3CCC[C@@H]3COc3ncccc3Cl)c(Cl)cc2c1=O. The maximum Gasteiger partial charge on any atom is 0.341 e. The number of carbonyl (C=O) groups is 1. The molecule has 0 saturated carbocycles. The second-order valence-electron chi connectivity index (χ2n) is 9.34. The van der Waals surface area contributed by atoms with E-state index in [2.05, 4.69) is 20.3 Å². The molecule has 0 radical (unpaired) electrons. The molecule has 38 heavy (non-hydrogen) atoms. The van der Waals surface area contributed by atoms with Crippen molar-refractivity contribution in [3.8, 4) is 11.6 Å². The molecule has 10 nitrogen and oxygen atoms in total. The minimum atomic E-state index is -1.30. The van der Waals surface area contributed by atoms with Crippen molar-refractivity contribution in [1.29, 1.82) is 0 Å². The van der Waals surface area contributed by atoms with Crippen LogP contribution in [0.4, 0.5) is 5.69 Å². The topological polar surface area (TPSA) is 115 Å². The van der Waals surface area contributed by atoms with E-state index in [1.807, 2.05) is 10.7 Å². The summed E-state index contributed by atoms with van der Waals surface area (Å²) in [5.74, 6) is -0.921. The summed E-state index contributed by atoms with van der Waals surface area (Å²) >= 11 is 13.0. The summed E-state index contributed by atoms with van der Waals surface area (Å²) in [5, 5.41) is 18.6. The Hall–Kier alpha value is -3.60. The Kier molecular flexibility index (Phi) is 6.46. The zero-order chi connectivity index (χ0) is 26.4. The number of carboxylic acid groups (broad SMARTS) is 1. The molecular formula is C26H24Cl2N6O4. The van der Waals surface area contributed by atoms with Crippen LogP contribution in [0.5, 0.6) is 5.88 Å². The third kappa shape index (κ3) is 4.28. The highest BCUT2D eigenvalue weighted by Gasteiger charge is 2.29. The normalized spacial score (nSPS) is 17.1. The fourth-order valence-electron chi connectivity index (χ4n) is 5.25. The number of aromatic nitrogens is 4. The van der Waals surface area contributed by atoms with Gasteiger partial charge >= 0.3 is 5.97 Å². The Morgan fingerprint density at radius 2 is 2.08 bits per heavy atom. The number of fused-ring (bicyclic) bond motifs is 2. The summed E-state index contributed by atoms with van der Waals surface area (Å²) in [7, 11) is 0. The smallest absolute Gasteiger partial charge is 0.341 e. The summed E-state index contributed by atoms with van der Waals surface area (Å²) in [6.07, 6.45) is 6.53. The van der Waals surface area contributed by atoms with Crippen LogP contribution >= 0.6 is 23.2 Å². The Bertz CT molecular complexity index is 1620. The highest BCUT2D eigenvalue weighted by Crippen LogP contribution is 2.36. The summed E-state index contributed by atoms with van der Waals surface area (Å²) in [6.45, 7) is 3.18. The minimum absolute atomic E-state index is 0.00888. The number of hydrogen-bond acceptors (Lipinski definition) is 7. The quantitative estimate of drug-likeness (QED) is 0.370. The molecule has 1 saturated heterocycles. The number of rotatable bonds is 6. The average Bonchev–Trinajstić information content (AvgIpc) is 3.55. The molecule has 4 aromatic rings. The molecule has 12 heteroatoms. The van der Waals surface area contributed by atoms with Gasteiger partial charge in [0.15, 0.2) is 0 Å². The number of aromatic carboxylic acids is 1. The van der Waals surface area contributed by atoms with Crippen molar-refractivity contribution in [3.05, 3.63) is 74.4 Å². The predicted molar refractivity (Wildman–Crippen MR) is 144 cm³/mol. The molecule has 0 amide bonds. The van der Waals surface area contributed by atoms with E-state index in [0.717, 1.165) is 37.3 Å². The van der Waals surface area contributed by atoms with Crippen LogP contribution in [0.1, 0.15) is 28.9 Å². The average molecular weight is 555 g/mol. The number of carboxylic acids is 1. The maximum absolute atomic E-state index is 13.2. The third-order valence-electron chi connectivity index (χ3n) is 7.11. The van der Waals surface area contributed by atoms with Gasteiger partial charge in [-0.1, -0.05) is 23.2 Å². The van der Waals surface area contributed by atoms with Crippen LogP contribution in [-0.4, -0.2) is 56.1 Å². The molecule has 2 aliphatic rings. The largest absolute Gasteiger partial charge is 0.477 e. The van der Waals surface area contributed by atoms with E-state index in [0.29, 0.717) is 46.8 Å². The zero-order valence-corrected chi connectivity index (χ0v) is 21.7. The summed E-state index contributed by atoms with van der Waals surface area (Å²) in [6, 6.07) is 6.91. The van der Waals surface area contributed by atoms with Crippen LogP contribution in [0.15, 0.2) is 47.7 Å². The third-order valence-corrected chi connectivity index (χ3v) is 7.70. The van der Waals surface area contributed by atoms with Crippen LogP contribution < -0.4 is 20.4 Å². The number of nitrogens with one attached hydrogen (secondary N) is 1. The fraction of sp³-hybridized carbons (Fsp3) is 0.308. The van der Waals surface area contributed by atoms with Gasteiger partial charge in [0.2, 0.25) is 11.3 Å². The van der Waals surface area contributed by atoms with Gasteiger partial charge in [-0.2, -0.15) is 5.10 Å². The Morgan fingerprint density at radius 1 is 1.21 bits per heavy atom. The first-order valence-electron chi connectivity index (χ1n) is 12.3. The van der Waals surface area contributed by atoms with Gasteiger partial charge in [0.1, 0.15) is 17.2 Å². The number of pyridine rings is 2. The van der Waals surface area contributed by atoms with Gasteiger partial charge in [0.05, 0.1) is 46.4 Å². The van der Waals surface area contributed by atoms with Crippen molar-refractivity contribution in [3.63, 3.8) is 0 Å². The highest BCUT2D eigenvalue weighted by molar-refractivity contribution is 6.34. The molecule has 1 atom stereocenters. The molecule has 0 aliphatic carbocycles. The van der Waals surface area contributed by atoms with Crippen molar-refractivity contribution >= 4 is 45.8 Å². The van der Waals surface area contributed by atoms with Crippen molar-refractivity contribution < 1.29 is 14.6 Å². The molecule has 1 fully saturated rings. The first-order valence-corrected chi connectivity index (χ1v) is 13.1. The van der Waals surface area contributed by atoms with E-state index < -0.39 is 11.4 Å². The zero-order valence-electron chi connectivity index (χ0n) is 20.2. The standard InChI is InChI=1S/C26H24Cl2N6O4/c27-18-4-1-5-30-25(18)38-14-15-3-2-7-32(15)21-10-20-16(9-19(21)28)24(35)17(26(36)37)13-33(20)22-12-31-34-8-6-29-11-23(22)34/h1,4-5,9-10,12-13,15,29H,2-3,6-8,11,14H2,(H,36,37)/t15-/m1/s1. The molecule has 6 rings (SSSR count). The molecule has 0 unspecified atom stereocenters. The highest BCUT2D eigenvalue weighted by atomic mass is 35.5.